The van der Waals surface area contributed by atoms with Gasteiger partial charge in [0, 0.05) is 25.4 Å². The SMILES string of the molecule is CCCCC(CN)NC(=O)CCc1nc2c(C)cccc2[nH]1. The number of carbonyl (C=O) groups excluding carboxylic acids is 1. The minimum absolute atomic E-state index is 0.0451. The van der Waals surface area contributed by atoms with Crippen molar-refractivity contribution in [3.8, 4) is 0 Å². The molecule has 1 unspecified atom stereocenters. The monoisotopic (exact) mass is 302 g/mol. The predicted octanol–water partition coefficient (Wildman–Crippen LogP) is 2.44. The van der Waals surface area contributed by atoms with Crippen molar-refractivity contribution < 1.29 is 4.79 Å². The number of unbranched alkanes of at least 4 members (excludes halogenated alkanes) is 1. The van der Waals surface area contributed by atoms with E-state index in [1.807, 2.05) is 25.1 Å². The van der Waals surface area contributed by atoms with Gasteiger partial charge in [-0.05, 0) is 25.0 Å². The quantitative estimate of drug-likeness (QED) is 0.700. The van der Waals surface area contributed by atoms with Crippen LogP contribution in [0.4, 0.5) is 0 Å². The molecule has 0 radical (unpaired) electrons. The third kappa shape index (κ3) is 4.31. The van der Waals surface area contributed by atoms with Gasteiger partial charge in [0.05, 0.1) is 11.0 Å². The number of aromatic nitrogens is 2. The largest absolute Gasteiger partial charge is 0.352 e. The Morgan fingerprint density at radius 1 is 1.45 bits per heavy atom. The van der Waals surface area contributed by atoms with Gasteiger partial charge in [-0.15, -0.1) is 0 Å². The minimum Gasteiger partial charge on any atom is -0.352 e. The van der Waals surface area contributed by atoms with E-state index in [0.717, 1.165) is 41.7 Å². The summed E-state index contributed by atoms with van der Waals surface area (Å²) >= 11 is 0. The zero-order valence-electron chi connectivity index (χ0n) is 13.5. The number of benzene rings is 1. The second kappa shape index (κ2) is 7.94. The molecule has 1 amide bonds. The molecular formula is C17H26N4O. The molecular weight excluding hydrogens is 276 g/mol. The number of hydrogen-bond donors (Lipinski definition) is 3. The molecule has 0 spiro atoms. The van der Waals surface area contributed by atoms with Crippen molar-refractivity contribution in [2.24, 2.45) is 5.73 Å². The minimum atomic E-state index is 0.0451. The summed E-state index contributed by atoms with van der Waals surface area (Å²) in [6.07, 6.45) is 4.20. The van der Waals surface area contributed by atoms with E-state index in [1.165, 1.54) is 0 Å². The third-order valence-electron chi connectivity index (χ3n) is 3.91. The van der Waals surface area contributed by atoms with E-state index in [1.54, 1.807) is 0 Å². The van der Waals surface area contributed by atoms with Crippen LogP contribution in [0.2, 0.25) is 0 Å². The fourth-order valence-corrected chi connectivity index (χ4v) is 2.58. The van der Waals surface area contributed by atoms with Crippen molar-refractivity contribution in [3.05, 3.63) is 29.6 Å². The Kier molecular flexibility index (Phi) is 5.95. The standard InChI is InChI=1S/C17H26N4O/c1-3-4-7-13(11-18)19-16(22)10-9-15-20-14-8-5-6-12(2)17(14)21-15/h5-6,8,13H,3-4,7,9-11,18H2,1-2H3,(H,19,22)(H,20,21). The van der Waals surface area contributed by atoms with E-state index in [2.05, 4.69) is 22.2 Å². The number of carbonyl (C=O) groups is 1. The lowest BCUT2D eigenvalue weighted by atomic mass is 10.1. The molecule has 1 atom stereocenters. The number of rotatable bonds is 8. The summed E-state index contributed by atoms with van der Waals surface area (Å²) in [5.41, 5.74) is 8.86. The van der Waals surface area contributed by atoms with Gasteiger partial charge < -0.3 is 16.0 Å². The molecule has 0 bridgehead atoms. The fraction of sp³-hybridized carbons (Fsp3) is 0.529. The maximum atomic E-state index is 12.0. The first-order chi connectivity index (χ1) is 10.6. The van der Waals surface area contributed by atoms with Gasteiger partial charge in [-0.3, -0.25) is 4.79 Å². The molecule has 1 aromatic carbocycles. The number of nitrogens with one attached hydrogen (secondary N) is 2. The van der Waals surface area contributed by atoms with E-state index in [0.29, 0.717) is 19.4 Å². The van der Waals surface area contributed by atoms with Crippen LogP contribution in [0.15, 0.2) is 18.2 Å². The highest BCUT2D eigenvalue weighted by atomic mass is 16.1. The van der Waals surface area contributed by atoms with Crippen LogP contribution in [0.5, 0.6) is 0 Å². The molecule has 0 aliphatic heterocycles. The zero-order valence-corrected chi connectivity index (χ0v) is 13.5. The second-order valence-corrected chi connectivity index (χ2v) is 5.80. The van der Waals surface area contributed by atoms with Gasteiger partial charge in [0.15, 0.2) is 0 Å². The lowest BCUT2D eigenvalue weighted by molar-refractivity contribution is -0.121. The number of hydrogen-bond acceptors (Lipinski definition) is 3. The van der Waals surface area contributed by atoms with Crippen molar-refractivity contribution in [3.63, 3.8) is 0 Å². The highest BCUT2D eigenvalue weighted by molar-refractivity contribution is 5.79. The summed E-state index contributed by atoms with van der Waals surface area (Å²) < 4.78 is 0. The van der Waals surface area contributed by atoms with E-state index < -0.39 is 0 Å². The topological polar surface area (TPSA) is 83.8 Å². The lowest BCUT2D eigenvalue weighted by Gasteiger charge is -2.16. The number of amides is 1. The molecule has 5 heteroatoms. The molecule has 0 aliphatic rings. The summed E-state index contributed by atoms with van der Waals surface area (Å²) in [6.45, 7) is 4.67. The van der Waals surface area contributed by atoms with Gasteiger partial charge in [0.1, 0.15) is 5.82 Å². The highest BCUT2D eigenvalue weighted by Gasteiger charge is 2.11. The van der Waals surface area contributed by atoms with Gasteiger partial charge in [-0.25, -0.2) is 4.98 Å². The van der Waals surface area contributed by atoms with Crippen LogP contribution in [0.25, 0.3) is 11.0 Å². The Hall–Kier alpha value is -1.88. The van der Waals surface area contributed by atoms with E-state index >= 15 is 0 Å². The third-order valence-corrected chi connectivity index (χ3v) is 3.91. The Morgan fingerprint density at radius 3 is 2.95 bits per heavy atom. The van der Waals surface area contributed by atoms with Crippen LogP contribution in [0.1, 0.15) is 44.0 Å². The van der Waals surface area contributed by atoms with Crippen LogP contribution in [0.3, 0.4) is 0 Å². The van der Waals surface area contributed by atoms with Crippen LogP contribution in [0, 0.1) is 6.92 Å². The maximum absolute atomic E-state index is 12.0. The zero-order chi connectivity index (χ0) is 15.9. The number of imidazole rings is 1. The number of para-hydroxylation sites is 1. The summed E-state index contributed by atoms with van der Waals surface area (Å²) in [4.78, 5) is 19.9. The van der Waals surface area contributed by atoms with Gasteiger partial charge in [-0.1, -0.05) is 31.9 Å². The molecule has 22 heavy (non-hydrogen) atoms. The van der Waals surface area contributed by atoms with Gasteiger partial charge in [-0.2, -0.15) is 0 Å². The molecule has 2 rings (SSSR count). The molecule has 120 valence electrons. The molecule has 0 fully saturated rings. The first kappa shape index (κ1) is 16.5. The predicted molar refractivity (Wildman–Crippen MR) is 89.7 cm³/mol. The molecule has 4 N–H and O–H groups in total. The smallest absolute Gasteiger partial charge is 0.220 e. The molecule has 5 nitrogen and oxygen atoms in total. The first-order valence-electron chi connectivity index (χ1n) is 8.07. The van der Waals surface area contributed by atoms with Crippen LogP contribution < -0.4 is 11.1 Å². The Bertz CT molecular complexity index is 620. The molecule has 1 aromatic heterocycles. The van der Waals surface area contributed by atoms with Crippen molar-refractivity contribution in [2.45, 2.75) is 52.0 Å². The van der Waals surface area contributed by atoms with Gasteiger partial charge in [0.2, 0.25) is 5.91 Å². The number of nitrogens with zero attached hydrogens (tertiary/aromatic N) is 1. The van der Waals surface area contributed by atoms with Gasteiger partial charge in [0.25, 0.3) is 0 Å². The molecule has 2 aromatic rings. The second-order valence-electron chi connectivity index (χ2n) is 5.80. The number of aromatic amines is 1. The van der Waals surface area contributed by atoms with Crippen molar-refractivity contribution in [1.29, 1.82) is 0 Å². The molecule has 1 heterocycles. The highest BCUT2D eigenvalue weighted by Crippen LogP contribution is 2.16. The molecule has 0 aliphatic carbocycles. The van der Waals surface area contributed by atoms with E-state index in [9.17, 15) is 4.79 Å². The lowest BCUT2D eigenvalue weighted by Crippen LogP contribution is -2.40. The normalized spacial score (nSPS) is 12.5. The van der Waals surface area contributed by atoms with Crippen LogP contribution in [-0.2, 0) is 11.2 Å². The number of fused-ring (bicyclic) bond motifs is 1. The van der Waals surface area contributed by atoms with Crippen molar-refractivity contribution >= 4 is 16.9 Å². The number of nitrogens with two attached hydrogens (primary N) is 1. The van der Waals surface area contributed by atoms with E-state index in [-0.39, 0.29) is 11.9 Å². The van der Waals surface area contributed by atoms with E-state index in [4.69, 9.17) is 5.73 Å². The summed E-state index contributed by atoms with van der Waals surface area (Å²) in [5.74, 6) is 0.904. The Balaban J connectivity index is 1.88. The Labute approximate surface area is 131 Å². The van der Waals surface area contributed by atoms with Crippen molar-refractivity contribution in [1.82, 2.24) is 15.3 Å². The summed E-state index contributed by atoms with van der Waals surface area (Å²) in [7, 11) is 0. The summed E-state index contributed by atoms with van der Waals surface area (Å²) in [5, 5.41) is 3.01. The fourth-order valence-electron chi connectivity index (χ4n) is 2.58. The van der Waals surface area contributed by atoms with Crippen LogP contribution in [-0.4, -0.2) is 28.5 Å². The first-order valence-corrected chi connectivity index (χ1v) is 8.07. The number of H-pyrrole nitrogens is 1. The maximum Gasteiger partial charge on any atom is 0.220 e. The molecule has 0 saturated heterocycles. The van der Waals surface area contributed by atoms with Gasteiger partial charge >= 0.3 is 0 Å². The number of aryl methyl sites for hydroxylation is 2. The van der Waals surface area contributed by atoms with Crippen LogP contribution >= 0.6 is 0 Å². The van der Waals surface area contributed by atoms with Crippen molar-refractivity contribution in [2.75, 3.05) is 6.54 Å². The average Bonchev–Trinajstić information content (AvgIpc) is 2.94. The Morgan fingerprint density at radius 2 is 2.27 bits per heavy atom. The molecule has 0 saturated carbocycles. The average molecular weight is 302 g/mol. The summed E-state index contributed by atoms with van der Waals surface area (Å²) in [6, 6.07) is 6.14.